The summed E-state index contributed by atoms with van der Waals surface area (Å²) in [5, 5.41) is -0.444. The molecule has 17 heavy (non-hydrogen) atoms. The lowest BCUT2D eigenvalue weighted by molar-refractivity contribution is -0.120. The van der Waals surface area contributed by atoms with Crippen LogP contribution in [0.2, 0.25) is 0 Å². The largest absolute Gasteiger partial charge is 0.385 e. The normalized spacial score (nSPS) is 13.9. The van der Waals surface area contributed by atoms with Crippen molar-refractivity contribution in [2.24, 2.45) is 5.73 Å². The van der Waals surface area contributed by atoms with Gasteiger partial charge in [0.05, 0.1) is 17.0 Å². The smallest absolute Gasteiger partial charge is 0.153 e. The Labute approximate surface area is 104 Å². The predicted octanol–water partition coefficient (Wildman–Crippen LogP) is 0.523. The van der Waals surface area contributed by atoms with Crippen molar-refractivity contribution in [3.05, 3.63) is 0 Å². The van der Waals surface area contributed by atoms with Crippen LogP contribution in [0, 0.1) is 0 Å². The summed E-state index contributed by atoms with van der Waals surface area (Å²) in [6.45, 7) is 3.78. The van der Waals surface area contributed by atoms with Crippen molar-refractivity contribution in [3.8, 4) is 0 Å². The van der Waals surface area contributed by atoms with Gasteiger partial charge in [-0.15, -0.1) is 0 Å². The summed E-state index contributed by atoms with van der Waals surface area (Å²) >= 11 is 0. The van der Waals surface area contributed by atoms with E-state index in [0.29, 0.717) is 19.4 Å². The zero-order valence-electron chi connectivity index (χ0n) is 10.8. The molecule has 6 heteroatoms. The fraction of sp³-hybridized carbons (Fsp3) is 0.909. The number of ether oxygens (including phenoxy) is 1. The molecule has 5 nitrogen and oxygen atoms in total. The minimum atomic E-state index is -3.15. The van der Waals surface area contributed by atoms with E-state index < -0.39 is 21.1 Å². The second kappa shape index (κ2) is 7.79. The van der Waals surface area contributed by atoms with Crippen LogP contribution in [0.25, 0.3) is 0 Å². The zero-order chi connectivity index (χ0) is 13.5. The van der Waals surface area contributed by atoms with Gasteiger partial charge in [0, 0.05) is 20.1 Å². The first kappa shape index (κ1) is 16.5. The Bertz CT molecular complexity index is 324. The molecular weight excluding hydrogens is 242 g/mol. The highest BCUT2D eigenvalue weighted by Gasteiger charge is 2.20. The molecule has 0 aromatic heterocycles. The lowest BCUT2D eigenvalue weighted by Gasteiger charge is -2.11. The molecule has 0 fully saturated rings. The van der Waals surface area contributed by atoms with Gasteiger partial charge in [-0.1, -0.05) is 0 Å². The van der Waals surface area contributed by atoms with Gasteiger partial charge in [0.25, 0.3) is 0 Å². The SMILES string of the molecule is COCCCC(N)C(=O)CCS(=O)(=O)C(C)C. The van der Waals surface area contributed by atoms with Crippen LogP contribution in [-0.4, -0.2) is 45.0 Å². The summed E-state index contributed by atoms with van der Waals surface area (Å²) in [6, 6.07) is -0.576. The van der Waals surface area contributed by atoms with Crippen molar-refractivity contribution in [2.45, 2.75) is 44.4 Å². The number of rotatable bonds is 9. The molecule has 0 aliphatic carbocycles. The number of carbonyl (C=O) groups is 1. The van der Waals surface area contributed by atoms with Crippen molar-refractivity contribution in [1.82, 2.24) is 0 Å². The van der Waals surface area contributed by atoms with Crippen LogP contribution < -0.4 is 5.73 Å². The highest BCUT2D eigenvalue weighted by atomic mass is 32.2. The third-order valence-electron chi connectivity index (χ3n) is 2.63. The molecule has 0 aliphatic heterocycles. The average Bonchev–Trinajstić information content (AvgIpc) is 2.26. The minimum absolute atomic E-state index is 0.00859. The molecule has 2 N–H and O–H groups in total. The van der Waals surface area contributed by atoms with Gasteiger partial charge in [0.2, 0.25) is 0 Å². The molecule has 1 unspecified atom stereocenters. The summed E-state index contributed by atoms with van der Waals surface area (Å²) < 4.78 is 27.9. The van der Waals surface area contributed by atoms with E-state index in [0.717, 1.165) is 0 Å². The number of sulfone groups is 1. The molecule has 0 rings (SSSR count). The van der Waals surface area contributed by atoms with E-state index in [1.165, 1.54) is 0 Å². The van der Waals surface area contributed by atoms with Gasteiger partial charge in [-0.2, -0.15) is 0 Å². The second-order valence-electron chi connectivity index (χ2n) is 4.37. The maximum absolute atomic E-state index is 11.6. The Kier molecular flexibility index (Phi) is 7.58. The molecule has 102 valence electrons. The van der Waals surface area contributed by atoms with Crippen molar-refractivity contribution < 1.29 is 17.9 Å². The van der Waals surface area contributed by atoms with E-state index in [9.17, 15) is 13.2 Å². The zero-order valence-corrected chi connectivity index (χ0v) is 11.6. The lowest BCUT2D eigenvalue weighted by atomic mass is 10.1. The highest BCUT2D eigenvalue weighted by Crippen LogP contribution is 2.05. The van der Waals surface area contributed by atoms with E-state index in [1.54, 1.807) is 21.0 Å². The second-order valence-corrected chi connectivity index (χ2v) is 7.05. The van der Waals surface area contributed by atoms with Crippen molar-refractivity contribution in [1.29, 1.82) is 0 Å². The van der Waals surface area contributed by atoms with E-state index >= 15 is 0 Å². The van der Waals surface area contributed by atoms with Crippen molar-refractivity contribution >= 4 is 15.6 Å². The Hall–Kier alpha value is -0.460. The summed E-state index contributed by atoms with van der Waals surface area (Å²) in [7, 11) is -1.57. The van der Waals surface area contributed by atoms with Gasteiger partial charge in [-0.25, -0.2) is 8.42 Å². The minimum Gasteiger partial charge on any atom is -0.385 e. The molecular formula is C11H23NO4S. The van der Waals surface area contributed by atoms with Gasteiger partial charge in [-0.05, 0) is 26.7 Å². The Morgan fingerprint density at radius 1 is 1.35 bits per heavy atom. The number of hydrogen-bond acceptors (Lipinski definition) is 5. The molecule has 0 heterocycles. The Balaban J connectivity index is 4.02. The molecule has 0 aromatic rings. The molecule has 0 aliphatic rings. The van der Waals surface area contributed by atoms with Crippen LogP contribution in [0.3, 0.4) is 0 Å². The number of carbonyl (C=O) groups excluding carboxylic acids is 1. The first-order valence-corrected chi connectivity index (χ1v) is 7.51. The Morgan fingerprint density at radius 2 is 1.94 bits per heavy atom. The van der Waals surface area contributed by atoms with Crippen molar-refractivity contribution in [3.63, 3.8) is 0 Å². The van der Waals surface area contributed by atoms with E-state index in [2.05, 4.69) is 0 Å². The maximum atomic E-state index is 11.6. The number of methoxy groups -OCH3 is 1. The Morgan fingerprint density at radius 3 is 2.41 bits per heavy atom. The molecule has 0 radical (unpaired) electrons. The van der Waals surface area contributed by atoms with E-state index in [4.69, 9.17) is 10.5 Å². The topological polar surface area (TPSA) is 86.5 Å². The monoisotopic (exact) mass is 265 g/mol. The predicted molar refractivity (Wildman–Crippen MR) is 67.6 cm³/mol. The third-order valence-corrected chi connectivity index (χ3v) is 4.84. The van der Waals surface area contributed by atoms with Crippen molar-refractivity contribution in [2.75, 3.05) is 19.5 Å². The molecule has 0 amide bonds. The number of ketones is 1. The van der Waals surface area contributed by atoms with Crippen LogP contribution in [0.15, 0.2) is 0 Å². The first-order valence-electron chi connectivity index (χ1n) is 5.80. The quantitative estimate of drug-likeness (QED) is 0.614. The van der Waals surface area contributed by atoms with E-state index in [1.807, 2.05) is 0 Å². The third kappa shape index (κ3) is 6.75. The number of nitrogens with two attached hydrogens (primary N) is 1. The van der Waals surface area contributed by atoms with Crippen LogP contribution in [0.5, 0.6) is 0 Å². The van der Waals surface area contributed by atoms with Crippen LogP contribution in [0.1, 0.15) is 33.1 Å². The summed E-state index contributed by atoms with van der Waals surface area (Å²) in [5.74, 6) is -0.299. The first-order chi connectivity index (χ1) is 7.81. The van der Waals surface area contributed by atoms with Crippen LogP contribution in [-0.2, 0) is 19.4 Å². The molecule has 0 saturated heterocycles. The standard InChI is InChI=1S/C11H23NO4S/c1-9(2)17(14,15)8-6-11(13)10(12)5-4-7-16-3/h9-10H,4-8,12H2,1-3H3. The highest BCUT2D eigenvalue weighted by molar-refractivity contribution is 7.91. The summed E-state index contributed by atoms with van der Waals surface area (Å²) in [4.78, 5) is 11.6. The fourth-order valence-electron chi connectivity index (χ4n) is 1.27. The van der Waals surface area contributed by atoms with Gasteiger partial charge in [-0.3, -0.25) is 4.79 Å². The van der Waals surface area contributed by atoms with Gasteiger partial charge in [0.1, 0.15) is 0 Å². The molecule has 0 saturated carbocycles. The van der Waals surface area contributed by atoms with Crippen LogP contribution in [0.4, 0.5) is 0 Å². The van der Waals surface area contributed by atoms with Crippen LogP contribution >= 0.6 is 0 Å². The fourth-order valence-corrected chi connectivity index (χ4v) is 2.23. The average molecular weight is 265 g/mol. The van der Waals surface area contributed by atoms with Gasteiger partial charge >= 0.3 is 0 Å². The lowest BCUT2D eigenvalue weighted by Crippen LogP contribution is -2.32. The molecule has 0 spiro atoms. The van der Waals surface area contributed by atoms with E-state index in [-0.39, 0.29) is 18.0 Å². The molecule has 1 atom stereocenters. The van der Waals surface area contributed by atoms with Gasteiger partial charge < -0.3 is 10.5 Å². The number of Topliss-reactive ketones (excluding diaryl/α,β-unsaturated/α-hetero) is 1. The molecule has 0 aromatic carbocycles. The van der Waals surface area contributed by atoms with Gasteiger partial charge in [0.15, 0.2) is 15.6 Å². The summed E-state index contributed by atoms with van der Waals surface area (Å²) in [5.41, 5.74) is 5.66. The number of hydrogen-bond donors (Lipinski definition) is 1. The molecule has 0 bridgehead atoms. The maximum Gasteiger partial charge on any atom is 0.153 e. The summed E-state index contributed by atoms with van der Waals surface area (Å²) in [6.07, 6.45) is 1.25.